The van der Waals surface area contributed by atoms with Crippen LogP contribution in [-0.4, -0.2) is 24.3 Å². The standard InChI is InChI=1S/C15H18N2O2/c1-2-3-8-17(10-4-5-10)11-6-7-12-13(9-11)16-15(19)14(12)18/h6-7,9-10H,2-5,8H2,1H3,(H,16,18,19). The molecule has 2 aliphatic rings. The van der Waals surface area contributed by atoms with Gasteiger partial charge in [-0.3, -0.25) is 9.59 Å². The molecule has 1 saturated carbocycles. The van der Waals surface area contributed by atoms with Gasteiger partial charge in [-0.25, -0.2) is 0 Å². The summed E-state index contributed by atoms with van der Waals surface area (Å²) in [4.78, 5) is 25.3. The largest absolute Gasteiger partial charge is 0.368 e. The number of Topliss-reactive ketones (excluding diaryl/α,β-unsaturated/α-hetero) is 1. The fraction of sp³-hybridized carbons (Fsp3) is 0.467. The fourth-order valence-corrected chi connectivity index (χ4v) is 2.55. The van der Waals surface area contributed by atoms with Gasteiger partial charge in [0, 0.05) is 18.3 Å². The smallest absolute Gasteiger partial charge is 0.296 e. The van der Waals surface area contributed by atoms with Crippen molar-refractivity contribution in [1.82, 2.24) is 0 Å². The monoisotopic (exact) mass is 258 g/mol. The second-order valence-corrected chi connectivity index (χ2v) is 5.29. The van der Waals surface area contributed by atoms with Crippen LogP contribution < -0.4 is 10.2 Å². The van der Waals surface area contributed by atoms with E-state index < -0.39 is 11.7 Å². The van der Waals surface area contributed by atoms with E-state index in [1.54, 1.807) is 6.07 Å². The minimum atomic E-state index is -0.515. The molecule has 0 radical (unpaired) electrons. The van der Waals surface area contributed by atoms with Gasteiger partial charge in [0.25, 0.3) is 11.7 Å². The molecule has 0 unspecified atom stereocenters. The summed E-state index contributed by atoms with van der Waals surface area (Å²) in [5.41, 5.74) is 2.28. The maximum atomic E-state index is 11.6. The predicted molar refractivity (Wildman–Crippen MR) is 74.7 cm³/mol. The second kappa shape index (κ2) is 4.68. The first kappa shape index (κ1) is 12.2. The molecule has 0 bridgehead atoms. The number of carbonyl (C=O) groups excluding carboxylic acids is 2. The van der Waals surface area contributed by atoms with E-state index in [-0.39, 0.29) is 0 Å². The Morgan fingerprint density at radius 2 is 2.11 bits per heavy atom. The van der Waals surface area contributed by atoms with Gasteiger partial charge in [0.2, 0.25) is 0 Å². The number of carbonyl (C=O) groups is 2. The summed E-state index contributed by atoms with van der Waals surface area (Å²) in [6, 6.07) is 6.31. The second-order valence-electron chi connectivity index (χ2n) is 5.29. The van der Waals surface area contributed by atoms with Gasteiger partial charge in [-0.1, -0.05) is 13.3 Å². The average molecular weight is 258 g/mol. The average Bonchev–Trinajstić information content (AvgIpc) is 3.19. The summed E-state index contributed by atoms with van der Waals surface area (Å²) in [5, 5.41) is 2.64. The number of rotatable bonds is 5. The molecular formula is C15H18N2O2. The van der Waals surface area contributed by atoms with E-state index in [0.29, 0.717) is 17.3 Å². The van der Waals surface area contributed by atoms with Gasteiger partial charge in [0.05, 0.1) is 11.3 Å². The number of fused-ring (bicyclic) bond motifs is 1. The molecule has 0 spiro atoms. The van der Waals surface area contributed by atoms with Crippen molar-refractivity contribution >= 4 is 23.1 Å². The first-order valence-corrected chi connectivity index (χ1v) is 6.97. The Morgan fingerprint density at radius 3 is 2.79 bits per heavy atom. The van der Waals surface area contributed by atoms with Crippen molar-refractivity contribution in [3.05, 3.63) is 23.8 Å². The zero-order valence-electron chi connectivity index (χ0n) is 11.1. The van der Waals surface area contributed by atoms with Crippen molar-refractivity contribution in [2.24, 2.45) is 0 Å². The minimum absolute atomic E-state index is 0.423. The van der Waals surface area contributed by atoms with E-state index >= 15 is 0 Å². The lowest BCUT2D eigenvalue weighted by atomic mass is 10.1. The number of anilines is 2. The number of benzene rings is 1. The number of nitrogens with zero attached hydrogens (tertiary/aromatic N) is 1. The van der Waals surface area contributed by atoms with Gasteiger partial charge >= 0.3 is 0 Å². The highest BCUT2D eigenvalue weighted by molar-refractivity contribution is 6.51. The Hall–Kier alpha value is -1.84. The topological polar surface area (TPSA) is 49.4 Å². The molecule has 100 valence electrons. The highest BCUT2D eigenvalue weighted by atomic mass is 16.2. The molecule has 1 heterocycles. The lowest BCUT2D eigenvalue weighted by Gasteiger charge is -2.25. The van der Waals surface area contributed by atoms with E-state index in [1.165, 1.54) is 25.7 Å². The Labute approximate surface area is 112 Å². The Balaban J connectivity index is 1.87. The molecule has 0 aromatic heterocycles. The van der Waals surface area contributed by atoms with Crippen LogP contribution in [0.2, 0.25) is 0 Å². The van der Waals surface area contributed by atoms with Crippen LogP contribution in [0.1, 0.15) is 43.0 Å². The maximum absolute atomic E-state index is 11.6. The molecule has 1 aliphatic carbocycles. The van der Waals surface area contributed by atoms with E-state index in [4.69, 9.17) is 0 Å². The first-order valence-electron chi connectivity index (χ1n) is 6.97. The highest BCUT2D eigenvalue weighted by Gasteiger charge is 2.32. The normalized spacial score (nSPS) is 17.3. The number of ketones is 1. The lowest BCUT2D eigenvalue weighted by molar-refractivity contribution is -0.112. The molecule has 0 atom stereocenters. The van der Waals surface area contributed by atoms with E-state index in [2.05, 4.69) is 17.1 Å². The van der Waals surface area contributed by atoms with Gasteiger partial charge in [-0.15, -0.1) is 0 Å². The van der Waals surface area contributed by atoms with E-state index in [9.17, 15) is 9.59 Å². The van der Waals surface area contributed by atoms with Crippen molar-refractivity contribution in [3.8, 4) is 0 Å². The molecule has 1 amide bonds. The third-order valence-electron chi connectivity index (χ3n) is 3.77. The Morgan fingerprint density at radius 1 is 1.32 bits per heavy atom. The van der Waals surface area contributed by atoms with Gasteiger partial charge < -0.3 is 10.2 Å². The summed E-state index contributed by atoms with van der Waals surface area (Å²) in [5.74, 6) is -0.938. The van der Waals surface area contributed by atoms with Crippen molar-refractivity contribution in [3.63, 3.8) is 0 Å². The van der Waals surface area contributed by atoms with Crippen LogP contribution in [-0.2, 0) is 4.79 Å². The predicted octanol–water partition coefficient (Wildman–Crippen LogP) is 2.59. The van der Waals surface area contributed by atoms with Crippen LogP contribution in [0.25, 0.3) is 0 Å². The summed E-state index contributed by atoms with van der Waals surface area (Å²) in [6.45, 7) is 3.23. The third-order valence-corrected chi connectivity index (χ3v) is 3.77. The molecule has 0 saturated heterocycles. The molecule has 1 aromatic carbocycles. The van der Waals surface area contributed by atoms with Crippen molar-refractivity contribution < 1.29 is 9.59 Å². The number of hydrogen-bond donors (Lipinski definition) is 1. The van der Waals surface area contributed by atoms with Crippen LogP contribution >= 0.6 is 0 Å². The molecule has 19 heavy (non-hydrogen) atoms. The molecule has 4 nitrogen and oxygen atoms in total. The fourth-order valence-electron chi connectivity index (χ4n) is 2.55. The third kappa shape index (κ3) is 2.23. The summed E-state index contributed by atoms with van der Waals surface area (Å²) in [6.07, 6.45) is 4.82. The quantitative estimate of drug-likeness (QED) is 0.826. The maximum Gasteiger partial charge on any atom is 0.296 e. The molecule has 1 fully saturated rings. The van der Waals surface area contributed by atoms with Crippen LogP contribution in [0.5, 0.6) is 0 Å². The van der Waals surface area contributed by atoms with Crippen LogP contribution in [0, 0.1) is 0 Å². The molecule has 1 aliphatic heterocycles. The highest BCUT2D eigenvalue weighted by Crippen LogP contribution is 2.35. The van der Waals surface area contributed by atoms with E-state index in [0.717, 1.165) is 12.2 Å². The first-order chi connectivity index (χ1) is 9.20. The molecule has 4 heteroatoms. The van der Waals surface area contributed by atoms with Crippen molar-refractivity contribution in [2.75, 3.05) is 16.8 Å². The number of nitrogens with one attached hydrogen (secondary N) is 1. The molecule has 1 aromatic rings. The number of hydrogen-bond acceptors (Lipinski definition) is 3. The van der Waals surface area contributed by atoms with E-state index in [1.807, 2.05) is 12.1 Å². The molecular weight excluding hydrogens is 240 g/mol. The summed E-state index contributed by atoms with van der Waals surface area (Å²) in [7, 11) is 0. The summed E-state index contributed by atoms with van der Waals surface area (Å²) < 4.78 is 0. The lowest BCUT2D eigenvalue weighted by Crippen LogP contribution is -2.26. The Bertz CT molecular complexity index is 535. The van der Waals surface area contributed by atoms with Crippen LogP contribution in [0.15, 0.2) is 18.2 Å². The zero-order valence-corrected chi connectivity index (χ0v) is 11.1. The van der Waals surface area contributed by atoms with Crippen LogP contribution in [0.3, 0.4) is 0 Å². The van der Waals surface area contributed by atoms with Crippen LogP contribution in [0.4, 0.5) is 11.4 Å². The zero-order chi connectivity index (χ0) is 13.4. The van der Waals surface area contributed by atoms with Crippen molar-refractivity contribution in [2.45, 2.75) is 38.6 Å². The van der Waals surface area contributed by atoms with Gasteiger partial charge in [0.1, 0.15) is 0 Å². The molecule has 3 rings (SSSR count). The molecule has 1 N–H and O–H groups in total. The van der Waals surface area contributed by atoms with Gasteiger partial charge in [-0.05, 0) is 37.5 Å². The van der Waals surface area contributed by atoms with Gasteiger partial charge in [0.15, 0.2) is 0 Å². The summed E-state index contributed by atoms with van der Waals surface area (Å²) >= 11 is 0. The number of unbranched alkanes of at least 4 members (excludes halogenated alkanes) is 1. The van der Waals surface area contributed by atoms with Gasteiger partial charge in [-0.2, -0.15) is 0 Å². The van der Waals surface area contributed by atoms with Crippen molar-refractivity contribution in [1.29, 1.82) is 0 Å². The Kier molecular flexibility index (Phi) is 3.01. The number of amides is 1. The SMILES string of the molecule is CCCCN(c1ccc2c(c1)NC(=O)C2=O)C1CC1. The minimum Gasteiger partial charge on any atom is -0.368 e.